The minimum atomic E-state index is -4.98. The van der Waals surface area contributed by atoms with Crippen LogP contribution >= 0.6 is 0 Å². The van der Waals surface area contributed by atoms with Gasteiger partial charge in [-0.3, -0.25) is 9.78 Å². The van der Waals surface area contributed by atoms with Crippen molar-refractivity contribution in [2.45, 2.75) is 55.1 Å². The van der Waals surface area contributed by atoms with E-state index in [0.29, 0.717) is 6.07 Å². The number of nitrogens with one attached hydrogen (secondary N) is 3. The summed E-state index contributed by atoms with van der Waals surface area (Å²) in [5, 5.41) is 7.96. The largest absolute Gasteiger partial charge is 0.573 e. The van der Waals surface area contributed by atoms with Crippen LogP contribution in [0.1, 0.15) is 36.0 Å². The van der Waals surface area contributed by atoms with Gasteiger partial charge in [0.1, 0.15) is 35.1 Å². The SMILES string of the molecule is COC(=O)N[C@H](C(=O)Nc1cncc(F)c1CC[C@H]1CNC[C@@H](C)N1S(=O)(=O)c1ccc(OC(F)(F)F)cc1)[C@@H](c1ccc(F)cc1)c1cc(F)cc(F)c1. The number of amides is 2. The molecule has 2 heterocycles. The summed E-state index contributed by atoms with van der Waals surface area (Å²) in [6.45, 7) is 1.96. The fourth-order valence-electron chi connectivity index (χ4n) is 6.43. The molecule has 1 fully saturated rings. The number of hydrogen-bond acceptors (Lipinski definition) is 8. The van der Waals surface area contributed by atoms with Crippen LogP contribution in [0.2, 0.25) is 0 Å². The Labute approximate surface area is 310 Å². The molecule has 19 heteroatoms. The number of piperazine rings is 1. The van der Waals surface area contributed by atoms with E-state index in [2.05, 4.69) is 25.7 Å². The lowest BCUT2D eigenvalue weighted by molar-refractivity contribution is -0.274. The van der Waals surface area contributed by atoms with Gasteiger partial charge in [-0.15, -0.1) is 13.2 Å². The van der Waals surface area contributed by atoms with E-state index in [9.17, 15) is 44.3 Å². The van der Waals surface area contributed by atoms with Crippen molar-refractivity contribution in [3.8, 4) is 5.75 Å². The van der Waals surface area contributed by atoms with Crippen LogP contribution < -0.4 is 20.7 Å². The number of aromatic nitrogens is 1. The molecule has 0 unspecified atom stereocenters. The molecule has 294 valence electrons. The molecule has 0 saturated carbocycles. The molecule has 2 amide bonds. The number of sulfonamides is 1. The van der Waals surface area contributed by atoms with Crippen molar-refractivity contribution in [3.63, 3.8) is 0 Å². The number of carbonyl (C=O) groups excluding carboxylic acids is 2. The summed E-state index contributed by atoms with van der Waals surface area (Å²) in [6, 6.07) is 7.59. The molecule has 11 nitrogen and oxygen atoms in total. The number of pyridine rings is 1. The molecular formula is C36H34F7N5O6S. The first-order valence-electron chi connectivity index (χ1n) is 16.6. The zero-order valence-electron chi connectivity index (χ0n) is 29.0. The van der Waals surface area contributed by atoms with E-state index in [1.165, 1.54) is 16.4 Å². The van der Waals surface area contributed by atoms with Crippen LogP contribution in [-0.4, -0.2) is 74.4 Å². The minimum Gasteiger partial charge on any atom is -0.453 e. The highest BCUT2D eigenvalue weighted by atomic mass is 32.2. The number of halogens is 7. The van der Waals surface area contributed by atoms with Crippen molar-refractivity contribution in [1.29, 1.82) is 0 Å². The van der Waals surface area contributed by atoms with Gasteiger partial charge in [-0.1, -0.05) is 12.1 Å². The summed E-state index contributed by atoms with van der Waals surface area (Å²) in [5.41, 5.74) is -0.264. The molecule has 0 bridgehead atoms. The average molecular weight is 798 g/mol. The van der Waals surface area contributed by atoms with Crippen LogP contribution in [-0.2, 0) is 26.0 Å². The van der Waals surface area contributed by atoms with Gasteiger partial charge in [0.2, 0.25) is 15.9 Å². The zero-order valence-corrected chi connectivity index (χ0v) is 29.9. The number of benzene rings is 3. The first-order chi connectivity index (χ1) is 26.0. The molecule has 1 aliphatic heterocycles. The Balaban J connectivity index is 1.44. The fraction of sp³-hybridized carbons (Fsp3) is 0.306. The maximum atomic E-state index is 15.5. The van der Waals surface area contributed by atoms with Gasteiger partial charge in [-0.2, -0.15) is 4.31 Å². The van der Waals surface area contributed by atoms with Gasteiger partial charge < -0.3 is 25.4 Å². The first kappa shape index (κ1) is 40.9. The van der Waals surface area contributed by atoms with Crippen LogP contribution in [0.5, 0.6) is 5.75 Å². The molecule has 55 heavy (non-hydrogen) atoms. The van der Waals surface area contributed by atoms with E-state index < -0.39 is 81.4 Å². The number of alkyl halides is 3. The highest BCUT2D eigenvalue weighted by Gasteiger charge is 2.39. The first-order valence-corrected chi connectivity index (χ1v) is 18.0. The molecule has 3 N–H and O–H groups in total. The summed E-state index contributed by atoms with van der Waals surface area (Å²) >= 11 is 0. The Kier molecular flexibility index (Phi) is 12.7. The summed E-state index contributed by atoms with van der Waals surface area (Å²) in [4.78, 5) is 30.1. The van der Waals surface area contributed by atoms with E-state index in [0.717, 1.165) is 68.0 Å². The summed E-state index contributed by atoms with van der Waals surface area (Å²) < 4.78 is 134. The predicted molar refractivity (Wildman–Crippen MR) is 183 cm³/mol. The second-order valence-electron chi connectivity index (χ2n) is 12.5. The number of alkyl carbamates (subject to hydrolysis) is 1. The quantitative estimate of drug-likeness (QED) is 0.148. The monoisotopic (exact) mass is 797 g/mol. The standard InChI is InChI=1S/C36H34F7N5O6S/c1-20-16-44-17-26(48(20)55(51,52)28-10-8-27(9-11-28)54-36(41,42)43)7-12-29-30(40)18-45-19-31(29)46-34(49)33(47-35(50)53-2)32(21-3-5-23(37)6-4-21)22-13-24(38)15-25(39)14-22/h3-6,8-11,13-15,18-20,26,32-33,44H,7,12,16-17H2,1-2H3,(H,46,49)(H,47,50)/t20-,26+,32+,33+/m1/s1. The van der Waals surface area contributed by atoms with E-state index in [1.54, 1.807) is 6.92 Å². The van der Waals surface area contributed by atoms with Crippen LogP contribution in [0.15, 0.2) is 84.0 Å². The smallest absolute Gasteiger partial charge is 0.453 e. The number of ether oxygens (including phenoxy) is 2. The van der Waals surface area contributed by atoms with Gasteiger partial charge in [-0.05, 0) is 79.4 Å². The number of anilines is 1. The van der Waals surface area contributed by atoms with Gasteiger partial charge in [0, 0.05) is 42.7 Å². The van der Waals surface area contributed by atoms with E-state index in [1.807, 2.05) is 0 Å². The Morgan fingerprint density at radius 1 is 0.927 bits per heavy atom. The highest BCUT2D eigenvalue weighted by Crippen LogP contribution is 2.33. The Morgan fingerprint density at radius 2 is 1.58 bits per heavy atom. The number of rotatable bonds is 12. The van der Waals surface area contributed by atoms with Crippen LogP contribution in [0, 0.1) is 23.3 Å². The zero-order chi connectivity index (χ0) is 40.1. The Morgan fingerprint density at radius 3 is 2.20 bits per heavy atom. The Hall–Kier alpha value is -5.27. The fourth-order valence-corrected chi connectivity index (χ4v) is 8.27. The molecule has 4 atom stereocenters. The van der Waals surface area contributed by atoms with Crippen molar-refractivity contribution in [1.82, 2.24) is 19.9 Å². The minimum absolute atomic E-state index is 0.0275. The van der Waals surface area contributed by atoms with E-state index in [4.69, 9.17) is 4.74 Å². The second-order valence-corrected chi connectivity index (χ2v) is 14.4. The van der Waals surface area contributed by atoms with Crippen LogP contribution in [0.25, 0.3) is 0 Å². The molecule has 1 saturated heterocycles. The molecule has 0 aliphatic carbocycles. The number of hydrogen-bond donors (Lipinski definition) is 3. The molecule has 0 spiro atoms. The van der Waals surface area contributed by atoms with Gasteiger partial charge in [0.15, 0.2) is 0 Å². The molecule has 1 aromatic heterocycles. The number of nitrogens with zero attached hydrogens (tertiary/aromatic N) is 2. The van der Waals surface area contributed by atoms with E-state index >= 15 is 4.39 Å². The number of methoxy groups -OCH3 is 1. The van der Waals surface area contributed by atoms with Crippen LogP contribution in [0.4, 0.5) is 41.2 Å². The lowest BCUT2D eigenvalue weighted by Gasteiger charge is -2.40. The Bertz CT molecular complexity index is 2090. The summed E-state index contributed by atoms with van der Waals surface area (Å²) in [7, 11) is -3.30. The second kappa shape index (κ2) is 17.0. The van der Waals surface area contributed by atoms with Crippen molar-refractivity contribution in [3.05, 3.63) is 119 Å². The van der Waals surface area contributed by atoms with Crippen molar-refractivity contribution < 1.29 is 58.2 Å². The predicted octanol–water partition coefficient (Wildman–Crippen LogP) is 6.02. The third kappa shape index (κ3) is 10.1. The normalized spacial score (nSPS) is 17.5. The molecule has 4 aromatic rings. The van der Waals surface area contributed by atoms with Gasteiger partial charge in [0.25, 0.3) is 0 Å². The summed E-state index contributed by atoms with van der Waals surface area (Å²) in [5.74, 6) is -6.55. The lowest BCUT2D eigenvalue weighted by atomic mass is 9.84. The topological polar surface area (TPSA) is 139 Å². The maximum absolute atomic E-state index is 15.5. The van der Waals surface area contributed by atoms with Crippen LogP contribution in [0.3, 0.4) is 0 Å². The molecule has 5 rings (SSSR count). The molecule has 0 radical (unpaired) electrons. The van der Waals surface area contributed by atoms with Crippen molar-refractivity contribution in [2.24, 2.45) is 0 Å². The maximum Gasteiger partial charge on any atom is 0.573 e. The third-order valence-corrected chi connectivity index (χ3v) is 10.9. The van der Waals surface area contributed by atoms with Gasteiger partial charge in [-0.25, -0.2) is 30.8 Å². The van der Waals surface area contributed by atoms with Gasteiger partial charge >= 0.3 is 12.5 Å². The highest BCUT2D eigenvalue weighted by molar-refractivity contribution is 7.89. The van der Waals surface area contributed by atoms with Crippen molar-refractivity contribution in [2.75, 3.05) is 25.5 Å². The third-order valence-electron chi connectivity index (χ3n) is 8.78. The molecule has 3 aromatic carbocycles. The molecule has 1 aliphatic rings. The van der Waals surface area contributed by atoms with Gasteiger partial charge in [0.05, 0.1) is 30.1 Å². The number of carbonyl (C=O) groups is 2. The average Bonchev–Trinajstić information content (AvgIpc) is 3.10. The van der Waals surface area contributed by atoms with E-state index in [-0.39, 0.29) is 53.2 Å². The van der Waals surface area contributed by atoms with Crippen molar-refractivity contribution >= 4 is 27.7 Å². The summed E-state index contributed by atoms with van der Waals surface area (Å²) in [6.07, 6.45) is -4.33. The lowest BCUT2D eigenvalue weighted by Crippen LogP contribution is -2.58. The molecular weight excluding hydrogens is 763 g/mol.